The van der Waals surface area contributed by atoms with E-state index in [1.54, 1.807) is 7.11 Å². The van der Waals surface area contributed by atoms with Gasteiger partial charge in [-0.1, -0.05) is 31.0 Å². The highest BCUT2D eigenvalue weighted by atomic mass is 32.2. The van der Waals surface area contributed by atoms with Crippen molar-refractivity contribution in [2.75, 3.05) is 13.7 Å². The average Bonchev–Trinajstić information content (AvgIpc) is 3.02. The third-order valence-electron chi connectivity index (χ3n) is 4.11. The Morgan fingerprint density at radius 1 is 1.19 bits per heavy atom. The molecule has 118 valence electrons. The molecule has 1 aromatic rings. The van der Waals surface area contributed by atoms with Gasteiger partial charge in [0.15, 0.2) is 0 Å². The Hall–Kier alpha value is -1.07. The minimum Gasteiger partial charge on any atom is -0.496 e. The molecule has 4 nitrogen and oxygen atoms in total. The standard InChI is InChI=1S/C16H25NO3S/c1-20-16-12-5-2-8-14(16)9-6-7-13-17-21(18,19)15-10-3-4-11-15/h2,5,8,12,15,17H,3-4,6-7,9-11,13H2,1H3. The molecular weight excluding hydrogens is 286 g/mol. The molecule has 0 radical (unpaired) electrons. The van der Waals surface area contributed by atoms with E-state index in [0.717, 1.165) is 50.7 Å². The van der Waals surface area contributed by atoms with Crippen molar-refractivity contribution in [3.8, 4) is 5.75 Å². The van der Waals surface area contributed by atoms with Crippen molar-refractivity contribution in [1.29, 1.82) is 0 Å². The van der Waals surface area contributed by atoms with Gasteiger partial charge in [-0.05, 0) is 43.7 Å². The second-order valence-electron chi connectivity index (χ2n) is 5.61. The lowest BCUT2D eigenvalue weighted by Gasteiger charge is -2.12. The van der Waals surface area contributed by atoms with Crippen LogP contribution in [0.2, 0.25) is 0 Å². The summed E-state index contributed by atoms with van der Waals surface area (Å²) >= 11 is 0. The summed E-state index contributed by atoms with van der Waals surface area (Å²) in [6, 6.07) is 7.97. The summed E-state index contributed by atoms with van der Waals surface area (Å²) in [5.41, 5.74) is 1.18. The Kier molecular flexibility index (Phi) is 6.06. The summed E-state index contributed by atoms with van der Waals surface area (Å²) in [6.07, 6.45) is 6.43. The molecular formula is C16H25NO3S. The Bertz CT molecular complexity index is 536. The lowest BCUT2D eigenvalue weighted by atomic mass is 10.1. The number of rotatable bonds is 8. The van der Waals surface area contributed by atoms with Gasteiger partial charge in [-0.15, -0.1) is 0 Å². The van der Waals surface area contributed by atoms with Crippen LogP contribution in [-0.4, -0.2) is 27.3 Å². The minimum absolute atomic E-state index is 0.160. The van der Waals surface area contributed by atoms with E-state index in [0.29, 0.717) is 6.54 Å². The lowest BCUT2D eigenvalue weighted by molar-refractivity contribution is 0.409. The molecule has 21 heavy (non-hydrogen) atoms. The summed E-state index contributed by atoms with van der Waals surface area (Å²) in [6.45, 7) is 0.536. The van der Waals surface area contributed by atoms with E-state index in [9.17, 15) is 8.42 Å². The number of aryl methyl sites for hydroxylation is 1. The summed E-state index contributed by atoms with van der Waals surface area (Å²) in [7, 11) is -1.42. The van der Waals surface area contributed by atoms with Gasteiger partial charge >= 0.3 is 0 Å². The van der Waals surface area contributed by atoms with E-state index in [1.165, 1.54) is 5.56 Å². The largest absolute Gasteiger partial charge is 0.496 e. The Morgan fingerprint density at radius 2 is 1.90 bits per heavy atom. The normalized spacial score (nSPS) is 16.2. The van der Waals surface area contributed by atoms with Crippen molar-refractivity contribution in [2.24, 2.45) is 0 Å². The lowest BCUT2D eigenvalue weighted by Crippen LogP contribution is -2.33. The molecule has 2 rings (SSSR count). The first-order valence-electron chi connectivity index (χ1n) is 7.74. The summed E-state index contributed by atoms with van der Waals surface area (Å²) < 4.78 is 32.1. The predicted octanol–water partition coefficient (Wildman–Crippen LogP) is 2.88. The van der Waals surface area contributed by atoms with E-state index in [2.05, 4.69) is 10.8 Å². The SMILES string of the molecule is COc1ccccc1CCCCNS(=O)(=O)C1CCCC1. The van der Waals surface area contributed by atoms with Crippen LogP contribution in [-0.2, 0) is 16.4 Å². The molecule has 0 heterocycles. The van der Waals surface area contributed by atoms with Crippen LogP contribution in [0.5, 0.6) is 5.75 Å². The van der Waals surface area contributed by atoms with Crippen molar-refractivity contribution in [3.63, 3.8) is 0 Å². The third kappa shape index (κ3) is 4.71. The number of hydrogen-bond donors (Lipinski definition) is 1. The molecule has 1 aromatic carbocycles. The number of unbranched alkanes of at least 4 members (excludes halogenated alkanes) is 1. The van der Waals surface area contributed by atoms with Gasteiger partial charge in [0.2, 0.25) is 10.0 Å². The van der Waals surface area contributed by atoms with Crippen molar-refractivity contribution in [1.82, 2.24) is 4.72 Å². The Balaban J connectivity index is 1.70. The number of benzene rings is 1. The van der Waals surface area contributed by atoms with Gasteiger partial charge in [0, 0.05) is 6.54 Å². The molecule has 1 N–H and O–H groups in total. The fraction of sp³-hybridized carbons (Fsp3) is 0.625. The van der Waals surface area contributed by atoms with Gasteiger partial charge in [-0.3, -0.25) is 0 Å². The molecule has 1 saturated carbocycles. The molecule has 1 aliphatic rings. The van der Waals surface area contributed by atoms with E-state index in [4.69, 9.17) is 4.74 Å². The molecule has 0 amide bonds. The van der Waals surface area contributed by atoms with Gasteiger partial charge < -0.3 is 4.74 Å². The van der Waals surface area contributed by atoms with E-state index in [-0.39, 0.29) is 5.25 Å². The summed E-state index contributed by atoms with van der Waals surface area (Å²) in [5, 5.41) is -0.160. The smallest absolute Gasteiger partial charge is 0.214 e. The molecule has 1 aliphatic carbocycles. The maximum atomic E-state index is 12.0. The second-order valence-corrected chi connectivity index (χ2v) is 7.66. The van der Waals surface area contributed by atoms with Crippen molar-refractivity contribution >= 4 is 10.0 Å². The zero-order valence-electron chi connectivity index (χ0n) is 12.7. The van der Waals surface area contributed by atoms with Crippen LogP contribution in [0.1, 0.15) is 44.1 Å². The van der Waals surface area contributed by atoms with Gasteiger partial charge in [0.1, 0.15) is 5.75 Å². The number of nitrogens with one attached hydrogen (secondary N) is 1. The van der Waals surface area contributed by atoms with Crippen LogP contribution < -0.4 is 9.46 Å². The van der Waals surface area contributed by atoms with Gasteiger partial charge in [0.25, 0.3) is 0 Å². The molecule has 1 fully saturated rings. The minimum atomic E-state index is -3.09. The van der Waals surface area contributed by atoms with Crippen LogP contribution in [0.4, 0.5) is 0 Å². The third-order valence-corrected chi connectivity index (χ3v) is 6.07. The van der Waals surface area contributed by atoms with Gasteiger partial charge in [-0.2, -0.15) is 0 Å². The van der Waals surface area contributed by atoms with Crippen LogP contribution in [0.3, 0.4) is 0 Å². The molecule has 0 unspecified atom stereocenters. The van der Waals surface area contributed by atoms with Crippen molar-refractivity contribution in [2.45, 2.75) is 50.2 Å². The number of para-hydroxylation sites is 1. The molecule has 0 saturated heterocycles. The predicted molar refractivity (Wildman–Crippen MR) is 85.1 cm³/mol. The fourth-order valence-electron chi connectivity index (χ4n) is 2.88. The van der Waals surface area contributed by atoms with Crippen LogP contribution >= 0.6 is 0 Å². The number of sulfonamides is 1. The number of methoxy groups -OCH3 is 1. The van der Waals surface area contributed by atoms with Crippen LogP contribution in [0.25, 0.3) is 0 Å². The topological polar surface area (TPSA) is 55.4 Å². The van der Waals surface area contributed by atoms with Crippen LogP contribution in [0, 0.1) is 0 Å². The molecule has 0 aromatic heterocycles. The Morgan fingerprint density at radius 3 is 2.62 bits per heavy atom. The highest BCUT2D eigenvalue weighted by Crippen LogP contribution is 2.24. The highest BCUT2D eigenvalue weighted by Gasteiger charge is 2.27. The average molecular weight is 311 g/mol. The first kappa shape index (κ1) is 16.3. The van der Waals surface area contributed by atoms with Gasteiger partial charge in [0.05, 0.1) is 12.4 Å². The second kappa shape index (κ2) is 7.80. The molecule has 0 bridgehead atoms. The first-order valence-corrected chi connectivity index (χ1v) is 9.28. The monoisotopic (exact) mass is 311 g/mol. The highest BCUT2D eigenvalue weighted by molar-refractivity contribution is 7.90. The maximum Gasteiger partial charge on any atom is 0.214 e. The quantitative estimate of drug-likeness (QED) is 0.751. The van der Waals surface area contributed by atoms with Crippen molar-refractivity contribution < 1.29 is 13.2 Å². The molecule has 0 spiro atoms. The van der Waals surface area contributed by atoms with E-state index in [1.807, 2.05) is 18.2 Å². The Labute approximate surface area is 127 Å². The van der Waals surface area contributed by atoms with E-state index >= 15 is 0 Å². The van der Waals surface area contributed by atoms with Crippen molar-refractivity contribution in [3.05, 3.63) is 29.8 Å². The summed E-state index contributed by atoms with van der Waals surface area (Å²) in [4.78, 5) is 0. The van der Waals surface area contributed by atoms with Gasteiger partial charge in [-0.25, -0.2) is 13.1 Å². The number of ether oxygens (including phenoxy) is 1. The summed E-state index contributed by atoms with van der Waals surface area (Å²) in [5.74, 6) is 0.907. The molecule has 0 aliphatic heterocycles. The van der Waals surface area contributed by atoms with E-state index < -0.39 is 10.0 Å². The zero-order chi connectivity index (χ0) is 15.1. The molecule has 0 atom stereocenters. The van der Waals surface area contributed by atoms with Crippen LogP contribution in [0.15, 0.2) is 24.3 Å². The molecule has 5 heteroatoms. The first-order chi connectivity index (χ1) is 10.1. The zero-order valence-corrected chi connectivity index (χ0v) is 13.5. The number of hydrogen-bond acceptors (Lipinski definition) is 3. The fourth-order valence-corrected chi connectivity index (χ4v) is 4.50. The maximum absolute atomic E-state index is 12.0.